The Morgan fingerprint density at radius 3 is 2.59 bits per heavy atom. The summed E-state index contributed by atoms with van der Waals surface area (Å²) in [6.07, 6.45) is 0. The minimum Gasteiger partial charge on any atom is -0.494 e. The molecule has 1 atom stereocenters. The first kappa shape index (κ1) is 16.3. The smallest absolute Gasteiger partial charge is 0.270 e. The molecule has 1 saturated heterocycles. The van der Waals surface area contributed by atoms with Crippen LogP contribution >= 0.6 is 0 Å². The zero-order valence-corrected chi connectivity index (χ0v) is 12.7. The van der Waals surface area contributed by atoms with Gasteiger partial charge in [-0.15, -0.1) is 0 Å². The first-order valence-corrected chi connectivity index (χ1v) is 7.18. The highest BCUT2D eigenvalue weighted by Crippen LogP contribution is 2.21. The van der Waals surface area contributed by atoms with Gasteiger partial charge in [0, 0.05) is 12.2 Å². The van der Waals surface area contributed by atoms with E-state index < -0.39 is 11.8 Å². The van der Waals surface area contributed by atoms with Gasteiger partial charge in [0.25, 0.3) is 11.8 Å². The van der Waals surface area contributed by atoms with Crippen LogP contribution < -0.4 is 10.1 Å². The summed E-state index contributed by atoms with van der Waals surface area (Å²) in [5, 5.41) is 13.0. The summed E-state index contributed by atoms with van der Waals surface area (Å²) in [7, 11) is 0. The molecule has 7 heteroatoms. The summed E-state index contributed by atoms with van der Waals surface area (Å²) in [6.45, 7) is 3.88. The number of rotatable bonds is 5. The van der Waals surface area contributed by atoms with Crippen LogP contribution in [0.4, 0.5) is 0 Å². The van der Waals surface area contributed by atoms with E-state index in [9.17, 15) is 14.7 Å². The molecule has 0 spiro atoms. The molecular formula is C15H20N2O5. The Morgan fingerprint density at radius 1 is 1.32 bits per heavy atom. The number of piperazine rings is 1. The Balaban J connectivity index is 2.22. The number of nitrogens with one attached hydrogen (secondary N) is 1. The van der Waals surface area contributed by atoms with Crippen molar-refractivity contribution in [1.29, 1.82) is 0 Å². The lowest BCUT2D eigenvalue weighted by molar-refractivity contribution is -0.275. The second kappa shape index (κ2) is 6.76. The number of benzene rings is 1. The van der Waals surface area contributed by atoms with Crippen molar-refractivity contribution in [2.45, 2.75) is 19.8 Å². The van der Waals surface area contributed by atoms with E-state index in [-0.39, 0.29) is 25.6 Å². The zero-order valence-electron chi connectivity index (χ0n) is 12.7. The van der Waals surface area contributed by atoms with Crippen LogP contribution in [0.1, 0.15) is 24.2 Å². The molecular weight excluding hydrogens is 288 g/mol. The molecule has 2 amide bonds. The van der Waals surface area contributed by atoms with E-state index in [4.69, 9.17) is 9.47 Å². The Hall–Kier alpha value is -2.12. The molecule has 1 fully saturated rings. The van der Waals surface area contributed by atoms with E-state index in [1.54, 1.807) is 31.2 Å². The van der Waals surface area contributed by atoms with E-state index in [1.807, 2.05) is 6.92 Å². The third-order valence-electron chi connectivity index (χ3n) is 3.27. The maximum absolute atomic E-state index is 12.6. The van der Waals surface area contributed by atoms with Crippen molar-refractivity contribution >= 4 is 11.8 Å². The Kier molecular flexibility index (Phi) is 4.99. The zero-order chi connectivity index (χ0) is 16.2. The predicted molar refractivity (Wildman–Crippen MR) is 78.2 cm³/mol. The molecule has 0 aliphatic carbocycles. The number of ether oxygens (including phenoxy) is 2. The molecule has 0 bridgehead atoms. The molecule has 2 N–H and O–H groups in total. The van der Waals surface area contributed by atoms with Gasteiger partial charge in [0.2, 0.25) is 5.91 Å². The fourth-order valence-corrected chi connectivity index (χ4v) is 2.24. The van der Waals surface area contributed by atoms with Gasteiger partial charge in [0.1, 0.15) is 12.3 Å². The summed E-state index contributed by atoms with van der Waals surface area (Å²) in [5.74, 6) is -2.01. The number of amides is 2. The normalized spacial score (nSPS) is 21.4. The van der Waals surface area contributed by atoms with Crippen molar-refractivity contribution < 1.29 is 24.2 Å². The molecule has 1 unspecified atom stereocenters. The first-order chi connectivity index (χ1) is 10.5. The lowest BCUT2D eigenvalue weighted by Crippen LogP contribution is -2.66. The van der Waals surface area contributed by atoms with Gasteiger partial charge in [-0.2, -0.15) is 0 Å². The summed E-state index contributed by atoms with van der Waals surface area (Å²) < 4.78 is 10.6. The molecule has 0 aromatic heterocycles. The number of hydrogen-bond donors (Lipinski definition) is 2. The van der Waals surface area contributed by atoms with E-state index in [2.05, 4.69) is 5.32 Å². The van der Waals surface area contributed by atoms with E-state index in [0.717, 1.165) is 4.90 Å². The summed E-state index contributed by atoms with van der Waals surface area (Å²) in [4.78, 5) is 25.2. The largest absolute Gasteiger partial charge is 0.494 e. The van der Waals surface area contributed by atoms with Crippen LogP contribution in [-0.2, 0) is 9.53 Å². The molecule has 0 radical (unpaired) electrons. The first-order valence-electron chi connectivity index (χ1n) is 7.18. The Morgan fingerprint density at radius 2 is 2.00 bits per heavy atom. The quantitative estimate of drug-likeness (QED) is 0.766. The van der Waals surface area contributed by atoms with Gasteiger partial charge >= 0.3 is 0 Å². The lowest BCUT2D eigenvalue weighted by Gasteiger charge is -2.41. The predicted octanol–water partition coefficient (Wildman–Crippen LogP) is 0.340. The molecule has 1 aliphatic heterocycles. The molecule has 2 rings (SSSR count). The SMILES string of the molecule is CCOc1ccc(C(=O)N2CC(=O)NCC2(O)OCC)cc1. The number of nitrogens with zero attached hydrogens (tertiary/aromatic N) is 1. The van der Waals surface area contributed by atoms with Crippen molar-refractivity contribution in [2.24, 2.45) is 0 Å². The maximum atomic E-state index is 12.6. The van der Waals surface area contributed by atoms with Crippen LogP contribution in [0.2, 0.25) is 0 Å². The van der Waals surface area contributed by atoms with Crippen molar-refractivity contribution in [3.8, 4) is 5.75 Å². The molecule has 0 saturated carbocycles. The fraction of sp³-hybridized carbons (Fsp3) is 0.467. The molecule has 1 aromatic carbocycles. The molecule has 120 valence electrons. The number of carbonyl (C=O) groups is 2. The second-order valence-corrected chi connectivity index (χ2v) is 4.80. The van der Waals surface area contributed by atoms with Gasteiger partial charge in [-0.3, -0.25) is 14.5 Å². The van der Waals surface area contributed by atoms with Crippen LogP contribution in [0.5, 0.6) is 5.75 Å². The molecule has 1 aliphatic rings. The van der Waals surface area contributed by atoms with Crippen LogP contribution in [0.15, 0.2) is 24.3 Å². The lowest BCUT2D eigenvalue weighted by atomic mass is 10.1. The van der Waals surface area contributed by atoms with Crippen molar-refractivity contribution in [3.05, 3.63) is 29.8 Å². The summed E-state index contributed by atoms with van der Waals surface area (Å²) in [5.41, 5.74) is 0.344. The standard InChI is InChI=1S/C15H20N2O5/c1-3-21-12-7-5-11(6-8-12)14(19)17-9-13(18)16-10-15(17,20)22-4-2/h5-8,20H,3-4,9-10H2,1-2H3,(H,16,18). The van der Waals surface area contributed by atoms with E-state index >= 15 is 0 Å². The highest BCUT2D eigenvalue weighted by atomic mass is 16.6. The van der Waals surface area contributed by atoms with Crippen molar-refractivity contribution in [2.75, 3.05) is 26.3 Å². The number of carbonyl (C=O) groups excluding carboxylic acids is 2. The van der Waals surface area contributed by atoms with Crippen LogP contribution in [0, 0.1) is 0 Å². The van der Waals surface area contributed by atoms with Gasteiger partial charge in [-0.1, -0.05) is 0 Å². The van der Waals surface area contributed by atoms with E-state index in [1.165, 1.54) is 0 Å². The minimum atomic E-state index is -1.83. The average molecular weight is 308 g/mol. The number of aliphatic hydroxyl groups is 1. The van der Waals surface area contributed by atoms with Gasteiger partial charge in [0.05, 0.1) is 13.2 Å². The molecule has 1 heterocycles. The average Bonchev–Trinajstić information content (AvgIpc) is 2.51. The van der Waals surface area contributed by atoms with Crippen LogP contribution in [-0.4, -0.2) is 54.0 Å². The fourth-order valence-electron chi connectivity index (χ4n) is 2.24. The number of hydrogen-bond acceptors (Lipinski definition) is 5. The molecule has 22 heavy (non-hydrogen) atoms. The van der Waals surface area contributed by atoms with Crippen LogP contribution in [0.25, 0.3) is 0 Å². The maximum Gasteiger partial charge on any atom is 0.270 e. The monoisotopic (exact) mass is 308 g/mol. The third kappa shape index (κ3) is 3.37. The second-order valence-electron chi connectivity index (χ2n) is 4.80. The molecule has 1 aromatic rings. The van der Waals surface area contributed by atoms with Gasteiger partial charge in [0.15, 0.2) is 0 Å². The summed E-state index contributed by atoms with van der Waals surface area (Å²) in [6, 6.07) is 6.51. The van der Waals surface area contributed by atoms with Gasteiger partial charge in [-0.25, -0.2) is 0 Å². The van der Waals surface area contributed by atoms with Crippen molar-refractivity contribution in [3.63, 3.8) is 0 Å². The minimum absolute atomic E-state index is 0.164. The Bertz CT molecular complexity index is 545. The van der Waals surface area contributed by atoms with Crippen LogP contribution in [0.3, 0.4) is 0 Å². The third-order valence-corrected chi connectivity index (χ3v) is 3.27. The highest BCUT2D eigenvalue weighted by Gasteiger charge is 2.44. The van der Waals surface area contributed by atoms with Gasteiger partial charge in [-0.05, 0) is 38.1 Å². The highest BCUT2D eigenvalue weighted by molar-refractivity contribution is 5.97. The summed E-state index contributed by atoms with van der Waals surface area (Å²) >= 11 is 0. The van der Waals surface area contributed by atoms with E-state index in [0.29, 0.717) is 17.9 Å². The number of β-amino-alcohol motifs (C(OH)–C–C–N with tert-alkyl or cyclic N) is 1. The van der Waals surface area contributed by atoms with Crippen molar-refractivity contribution in [1.82, 2.24) is 10.2 Å². The molecule has 7 nitrogen and oxygen atoms in total. The topological polar surface area (TPSA) is 88.1 Å². The van der Waals surface area contributed by atoms with Gasteiger partial charge < -0.3 is 19.9 Å². The Labute approximate surface area is 128 Å².